The second kappa shape index (κ2) is 4.34. The van der Waals surface area contributed by atoms with Gasteiger partial charge in [0.05, 0.1) is 23.9 Å². The molecule has 0 aliphatic heterocycles. The van der Waals surface area contributed by atoms with Gasteiger partial charge in [0, 0.05) is 6.42 Å². The second-order valence-corrected chi connectivity index (χ2v) is 2.50. The van der Waals surface area contributed by atoms with E-state index in [1.807, 2.05) is 0 Å². The van der Waals surface area contributed by atoms with E-state index in [2.05, 4.69) is 5.10 Å². The van der Waals surface area contributed by atoms with Gasteiger partial charge in [0.2, 0.25) is 0 Å². The van der Waals surface area contributed by atoms with Gasteiger partial charge in [-0.05, 0) is 11.3 Å². The Hall–Kier alpha value is -1.72. The summed E-state index contributed by atoms with van der Waals surface area (Å²) >= 11 is 0. The zero-order chi connectivity index (χ0) is 9.68. The van der Waals surface area contributed by atoms with Crippen LogP contribution in [0.1, 0.15) is 12.8 Å². The number of aryl methyl sites for hydroxylation is 1. The summed E-state index contributed by atoms with van der Waals surface area (Å²) in [5.41, 5.74) is 0. The van der Waals surface area contributed by atoms with Gasteiger partial charge in [0.25, 0.3) is 0 Å². The molecule has 0 radical (unpaired) electrons. The van der Waals surface area contributed by atoms with Crippen molar-refractivity contribution in [3.63, 3.8) is 0 Å². The van der Waals surface area contributed by atoms with Crippen LogP contribution in [0.15, 0.2) is 12.3 Å². The van der Waals surface area contributed by atoms with Gasteiger partial charge in [-0.2, -0.15) is 4.68 Å². The number of nitro groups is 1. The average Bonchev–Trinajstić information content (AvgIpc) is 2.53. The van der Waals surface area contributed by atoms with Crippen molar-refractivity contribution >= 4 is 12.1 Å². The molecule has 0 aromatic carbocycles. The monoisotopic (exact) mass is 183 g/mol. The van der Waals surface area contributed by atoms with Crippen LogP contribution in [0.25, 0.3) is 0 Å². The first-order valence-electron chi connectivity index (χ1n) is 3.85. The van der Waals surface area contributed by atoms with E-state index >= 15 is 0 Å². The van der Waals surface area contributed by atoms with Gasteiger partial charge >= 0.3 is 5.82 Å². The SMILES string of the molecule is O=CCCCn1ccc([N+](=O)[O-])n1. The zero-order valence-electron chi connectivity index (χ0n) is 6.92. The first kappa shape index (κ1) is 9.37. The Kier molecular flexibility index (Phi) is 3.13. The molecule has 1 aromatic rings. The van der Waals surface area contributed by atoms with E-state index in [9.17, 15) is 14.9 Å². The van der Waals surface area contributed by atoms with E-state index in [1.165, 1.54) is 16.9 Å². The summed E-state index contributed by atoms with van der Waals surface area (Å²) in [4.78, 5) is 19.6. The Morgan fingerprint density at radius 3 is 3.00 bits per heavy atom. The molecule has 0 saturated heterocycles. The molecular weight excluding hydrogens is 174 g/mol. The van der Waals surface area contributed by atoms with Crippen molar-refractivity contribution in [1.82, 2.24) is 9.78 Å². The molecule has 0 N–H and O–H groups in total. The van der Waals surface area contributed by atoms with E-state index in [1.54, 1.807) is 0 Å². The predicted octanol–water partition coefficient (Wildman–Crippen LogP) is 0.770. The van der Waals surface area contributed by atoms with Crippen molar-refractivity contribution in [2.45, 2.75) is 19.4 Å². The molecule has 6 heteroatoms. The Morgan fingerprint density at radius 1 is 1.69 bits per heavy atom. The van der Waals surface area contributed by atoms with Gasteiger partial charge in [-0.1, -0.05) is 0 Å². The Bertz CT molecular complexity index is 308. The summed E-state index contributed by atoms with van der Waals surface area (Å²) in [6.07, 6.45) is 3.46. The number of nitrogens with zero attached hydrogens (tertiary/aromatic N) is 3. The van der Waals surface area contributed by atoms with Gasteiger partial charge in [0.1, 0.15) is 6.29 Å². The smallest absolute Gasteiger partial charge is 0.358 e. The van der Waals surface area contributed by atoms with Crippen LogP contribution in [0.3, 0.4) is 0 Å². The number of carbonyl (C=O) groups is 1. The van der Waals surface area contributed by atoms with E-state index < -0.39 is 4.92 Å². The lowest BCUT2D eigenvalue weighted by Crippen LogP contribution is -1.99. The molecule has 0 unspecified atom stereocenters. The predicted molar refractivity (Wildman–Crippen MR) is 44.2 cm³/mol. The van der Waals surface area contributed by atoms with Gasteiger partial charge in [-0.15, -0.1) is 0 Å². The first-order chi connectivity index (χ1) is 6.24. The lowest BCUT2D eigenvalue weighted by Gasteiger charge is -1.91. The number of hydrogen-bond acceptors (Lipinski definition) is 4. The fraction of sp³-hybridized carbons (Fsp3) is 0.429. The van der Waals surface area contributed by atoms with Crippen LogP contribution in [0.4, 0.5) is 5.82 Å². The molecule has 1 heterocycles. The van der Waals surface area contributed by atoms with E-state index in [0.29, 0.717) is 19.4 Å². The van der Waals surface area contributed by atoms with Crippen LogP contribution in [0.5, 0.6) is 0 Å². The highest BCUT2D eigenvalue weighted by Crippen LogP contribution is 2.05. The van der Waals surface area contributed by atoms with E-state index in [4.69, 9.17) is 0 Å². The molecule has 0 aliphatic rings. The summed E-state index contributed by atoms with van der Waals surface area (Å²) in [6.45, 7) is 0.534. The minimum Gasteiger partial charge on any atom is -0.358 e. The number of aromatic nitrogens is 2. The third-order valence-corrected chi connectivity index (χ3v) is 1.52. The van der Waals surface area contributed by atoms with Crippen molar-refractivity contribution in [3.8, 4) is 0 Å². The molecule has 0 spiro atoms. The molecule has 0 fully saturated rings. The van der Waals surface area contributed by atoms with E-state index in [0.717, 1.165) is 6.29 Å². The number of rotatable bonds is 5. The van der Waals surface area contributed by atoms with Crippen LogP contribution in [-0.2, 0) is 11.3 Å². The molecule has 0 saturated carbocycles. The summed E-state index contributed by atoms with van der Waals surface area (Å²) in [5.74, 6) is -0.161. The highest BCUT2D eigenvalue weighted by molar-refractivity contribution is 5.48. The molecule has 1 aromatic heterocycles. The van der Waals surface area contributed by atoms with Crippen LogP contribution in [0, 0.1) is 10.1 Å². The maximum Gasteiger partial charge on any atom is 0.389 e. The summed E-state index contributed by atoms with van der Waals surface area (Å²) in [6, 6.07) is 1.33. The van der Waals surface area contributed by atoms with Crippen molar-refractivity contribution < 1.29 is 9.72 Å². The summed E-state index contributed by atoms with van der Waals surface area (Å²) < 4.78 is 1.46. The molecule has 6 nitrogen and oxygen atoms in total. The van der Waals surface area contributed by atoms with Gasteiger partial charge < -0.3 is 14.9 Å². The lowest BCUT2D eigenvalue weighted by molar-refractivity contribution is -0.389. The summed E-state index contributed by atoms with van der Waals surface area (Å²) in [5, 5.41) is 13.9. The largest absolute Gasteiger partial charge is 0.389 e. The molecule has 0 atom stereocenters. The molecule has 0 bridgehead atoms. The maximum atomic E-state index is 10.2. The Balaban J connectivity index is 2.49. The lowest BCUT2D eigenvalue weighted by atomic mass is 10.3. The molecular formula is C7H9N3O3. The standard InChI is InChI=1S/C7H9N3O3/c11-6-2-1-4-9-5-3-7(8-9)10(12)13/h3,5-6H,1-2,4H2. The first-order valence-corrected chi connectivity index (χ1v) is 3.85. The van der Waals surface area contributed by atoms with E-state index in [-0.39, 0.29) is 5.82 Å². The average molecular weight is 183 g/mol. The van der Waals surface area contributed by atoms with Crippen LogP contribution in [0.2, 0.25) is 0 Å². The van der Waals surface area contributed by atoms with Crippen LogP contribution in [-0.4, -0.2) is 21.0 Å². The molecule has 13 heavy (non-hydrogen) atoms. The highest BCUT2D eigenvalue weighted by Gasteiger charge is 2.09. The Labute approximate surface area is 74.3 Å². The Morgan fingerprint density at radius 2 is 2.46 bits per heavy atom. The van der Waals surface area contributed by atoms with Crippen molar-refractivity contribution in [3.05, 3.63) is 22.4 Å². The normalized spacial score (nSPS) is 9.85. The minimum absolute atomic E-state index is 0.161. The van der Waals surface area contributed by atoms with Gasteiger partial charge in [-0.3, -0.25) is 0 Å². The number of hydrogen-bond donors (Lipinski definition) is 0. The maximum absolute atomic E-state index is 10.2. The second-order valence-electron chi connectivity index (χ2n) is 2.50. The molecule has 0 aliphatic carbocycles. The zero-order valence-corrected chi connectivity index (χ0v) is 6.92. The topological polar surface area (TPSA) is 78.0 Å². The minimum atomic E-state index is -0.545. The van der Waals surface area contributed by atoms with Crippen LogP contribution >= 0.6 is 0 Å². The highest BCUT2D eigenvalue weighted by atomic mass is 16.6. The number of unbranched alkanes of at least 4 members (excludes halogenated alkanes) is 1. The van der Waals surface area contributed by atoms with Crippen molar-refractivity contribution in [2.24, 2.45) is 0 Å². The fourth-order valence-electron chi connectivity index (χ4n) is 0.909. The quantitative estimate of drug-likeness (QED) is 0.292. The fourth-order valence-corrected chi connectivity index (χ4v) is 0.909. The third kappa shape index (κ3) is 2.66. The third-order valence-electron chi connectivity index (χ3n) is 1.52. The molecule has 1 rings (SSSR count). The molecule has 70 valence electrons. The molecule has 0 amide bonds. The number of carbonyl (C=O) groups excluding carboxylic acids is 1. The van der Waals surface area contributed by atoms with Crippen LogP contribution < -0.4 is 0 Å². The van der Waals surface area contributed by atoms with Crippen molar-refractivity contribution in [2.75, 3.05) is 0 Å². The van der Waals surface area contributed by atoms with Gasteiger partial charge in [-0.25, -0.2) is 0 Å². The number of aldehydes is 1. The van der Waals surface area contributed by atoms with Gasteiger partial charge in [0.15, 0.2) is 0 Å². The van der Waals surface area contributed by atoms with Crippen molar-refractivity contribution in [1.29, 1.82) is 0 Å². The summed E-state index contributed by atoms with van der Waals surface area (Å²) in [7, 11) is 0.